The average Bonchev–Trinajstić information content (AvgIpc) is 2.42. The van der Waals surface area contributed by atoms with Crippen LogP contribution in [0.2, 0.25) is 6.04 Å². The van der Waals surface area contributed by atoms with Crippen molar-refractivity contribution in [2.75, 3.05) is 27.9 Å². The van der Waals surface area contributed by atoms with Crippen LogP contribution in [0.15, 0.2) is 12.2 Å². The second kappa shape index (κ2) is 9.25. The second-order valence-corrected chi connectivity index (χ2v) is 6.66. The van der Waals surface area contributed by atoms with Gasteiger partial charge in [-0.3, -0.25) is 0 Å². The van der Waals surface area contributed by atoms with Gasteiger partial charge in [-0.15, -0.1) is 0 Å². The van der Waals surface area contributed by atoms with E-state index in [2.05, 4.69) is 6.58 Å². The molecule has 0 rings (SSSR count). The van der Waals surface area contributed by atoms with Gasteiger partial charge in [-0.05, 0) is 20.3 Å². The maximum absolute atomic E-state index is 11.2. The SMILES string of the molecule is C=C(C)C(=O)OCCC[SiH2]C(OC)(OC)C(C)OC. The first kappa shape index (κ1) is 18.3. The average molecular weight is 290 g/mol. The first-order valence-corrected chi connectivity index (χ1v) is 8.10. The Labute approximate surface area is 118 Å². The lowest BCUT2D eigenvalue weighted by Crippen LogP contribution is -2.50. The van der Waals surface area contributed by atoms with Gasteiger partial charge in [-0.25, -0.2) is 4.79 Å². The molecule has 6 heteroatoms. The molecule has 0 spiro atoms. The van der Waals surface area contributed by atoms with Gasteiger partial charge in [0.15, 0.2) is 5.41 Å². The van der Waals surface area contributed by atoms with Gasteiger partial charge < -0.3 is 18.9 Å². The topological polar surface area (TPSA) is 54.0 Å². The Morgan fingerprint density at radius 1 is 1.32 bits per heavy atom. The van der Waals surface area contributed by atoms with Crippen molar-refractivity contribution in [3.05, 3.63) is 12.2 Å². The van der Waals surface area contributed by atoms with E-state index in [1.807, 2.05) is 6.92 Å². The molecule has 0 aromatic rings. The lowest BCUT2D eigenvalue weighted by atomic mass is 10.4. The van der Waals surface area contributed by atoms with Gasteiger partial charge in [0.2, 0.25) is 0 Å². The highest BCUT2D eigenvalue weighted by molar-refractivity contribution is 6.39. The molecule has 5 nitrogen and oxygen atoms in total. The van der Waals surface area contributed by atoms with Crippen LogP contribution in [-0.2, 0) is 23.7 Å². The summed E-state index contributed by atoms with van der Waals surface area (Å²) in [6.45, 7) is 7.51. The number of hydrogen-bond donors (Lipinski definition) is 0. The van der Waals surface area contributed by atoms with Crippen molar-refractivity contribution in [1.82, 2.24) is 0 Å². The summed E-state index contributed by atoms with van der Waals surface area (Å²) in [4.78, 5) is 11.2. The first-order chi connectivity index (χ1) is 8.93. The summed E-state index contributed by atoms with van der Waals surface area (Å²) in [5.41, 5.74) is -0.194. The van der Waals surface area contributed by atoms with Crippen LogP contribution in [-0.4, -0.2) is 54.9 Å². The Bertz CT molecular complexity index is 289. The molecule has 0 aromatic carbocycles. The molecule has 0 N–H and O–H groups in total. The van der Waals surface area contributed by atoms with E-state index >= 15 is 0 Å². The van der Waals surface area contributed by atoms with Crippen molar-refractivity contribution in [3.63, 3.8) is 0 Å². The zero-order valence-electron chi connectivity index (χ0n) is 12.7. The number of methoxy groups -OCH3 is 3. The Morgan fingerprint density at radius 3 is 2.32 bits per heavy atom. The molecule has 1 atom stereocenters. The van der Waals surface area contributed by atoms with Gasteiger partial charge in [0.1, 0.15) is 6.10 Å². The van der Waals surface area contributed by atoms with Crippen molar-refractivity contribution in [1.29, 1.82) is 0 Å². The van der Waals surface area contributed by atoms with Crippen LogP contribution in [0.25, 0.3) is 0 Å². The van der Waals surface area contributed by atoms with Gasteiger partial charge in [0.25, 0.3) is 0 Å². The highest BCUT2D eigenvalue weighted by atomic mass is 28.2. The summed E-state index contributed by atoms with van der Waals surface area (Å²) >= 11 is 0. The molecular formula is C13H26O5Si. The Morgan fingerprint density at radius 2 is 1.89 bits per heavy atom. The largest absolute Gasteiger partial charge is 0.462 e. The number of carbonyl (C=O) groups is 1. The Hall–Kier alpha value is -0.693. The predicted octanol–water partition coefficient (Wildman–Crippen LogP) is 1.06. The van der Waals surface area contributed by atoms with Crippen molar-refractivity contribution in [3.8, 4) is 0 Å². The summed E-state index contributed by atoms with van der Waals surface area (Å²) < 4.78 is 21.4. The van der Waals surface area contributed by atoms with Crippen LogP contribution in [0.1, 0.15) is 20.3 Å². The summed E-state index contributed by atoms with van der Waals surface area (Å²) in [5, 5.41) is 0. The predicted molar refractivity (Wildman–Crippen MR) is 77.0 cm³/mol. The number of rotatable bonds is 10. The third-order valence-electron chi connectivity index (χ3n) is 3.17. The molecule has 0 saturated carbocycles. The summed E-state index contributed by atoms with van der Waals surface area (Å²) in [6.07, 6.45) is 0.683. The quantitative estimate of drug-likeness (QED) is 0.198. The van der Waals surface area contributed by atoms with Crippen molar-refractivity contribution in [2.24, 2.45) is 0 Å². The molecule has 0 amide bonds. The summed E-state index contributed by atoms with van der Waals surface area (Å²) in [5.74, 6) is -0.336. The van der Waals surface area contributed by atoms with E-state index in [1.54, 1.807) is 28.3 Å². The number of carbonyl (C=O) groups excluding carboxylic acids is 1. The van der Waals surface area contributed by atoms with Crippen molar-refractivity contribution < 1.29 is 23.7 Å². The van der Waals surface area contributed by atoms with Crippen LogP contribution in [0, 0.1) is 0 Å². The molecule has 0 aliphatic carbocycles. The summed E-state index contributed by atoms with van der Waals surface area (Å²) in [7, 11) is 4.22. The Balaban J connectivity index is 4.08. The lowest BCUT2D eigenvalue weighted by molar-refractivity contribution is -0.205. The fourth-order valence-corrected chi connectivity index (χ4v) is 3.69. The molecule has 0 aliphatic heterocycles. The zero-order valence-corrected chi connectivity index (χ0v) is 14.1. The molecular weight excluding hydrogens is 264 g/mol. The highest BCUT2D eigenvalue weighted by Gasteiger charge is 2.36. The minimum Gasteiger partial charge on any atom is -0.462 e. The smallest absolute Gasteiger partial charge is 0.333 e. The van der Waals surface area contributed by atoms with E-state index in [4.69, 9.17) is 18.9 Å². The molecule has 0 aromatic heterocycles. The number of hydrogen-bond acceptors (Lipinski definition) is 5. The van der Waals surface area contributed by atoms with Gasteiger partial charge in [-0.2, -0.15) is 0 Å². The normalized spacial score (nSPS) is 13.7. The maximum Gasteiger partial charge on any atom is 0.333 e. The monoisotopic (exact) mass is 290 g/mol. The van der Waals surface area contributed by atoms with Gasteiger partial charge >= 0.3 is 5.97 Å². The summed E-state index contributed by atoms with van der Waals surface area (Å²) in [6, 6.07) is 0.943. The number of ether oxygens (including phenoxy) is 4. The van der Waals surface area contributed by atoms with E-state index in [9.17, 15) is 4.79 Å². The van der Waals surface area contributed by atoms with Crippen molar-refractivity contribution >= 4 is 15.5 Å². The fourth-order valence-electron chi connectivity index (χ4n) is 1.76. The molecule has 0 radical (unpaired) electrons. The third kappa shape index (κ3) is 5.86. The van der Waals surface area contributed by atoms with Crippen molar-refractivity contribution in [2.45, 2.75) is 37.8 Å². The van der Waals surface area contributed by atoms with Crippen LogP contribution in [0.5, 0.6) is 0 Å². The fraction of sp³-hybridized carbons (Fsp3) is 0.769. The Kier molecular flexibility index (Phi) is 8.91. The zero-order chi connectivity index (χ0) is 14.9. The van der Waals surface area contributed by atoms with E-state index in [-0.39, 0.29) is 12.1 Å². The molecule has 1 unspecified atom stereocenters. The van der Waals surface area contributed by atoms with Gasteiger partial charge in [0, 0.05) is 26.9 Å². The van der Waals surface area contributed by atoms with Crippen LogP contribution >= 0.6 is 0 Å². The van der Waals surface area contributed by atoms with E-state index < -0.39 is 14.9 Å². The lowest BCUT2D eigenvalue weighted by Gasteiger charge is -2.35. The van der Waals surface area contributed by atoms with Gasteiger partial charge in [0.05, 0.1) is 16.1 Å². The van der Waals surface area contributed by atoms with Crippen LogP contribution in [0.3, 0.4) is 0 Å². The maximum atomic E-state index is 11.2. The molecule has 0 saturated heterocycles. The second-order valence-electron chi connectivity index (χ2n) is 4.47. The van der Waals surface area contributed by atoms with Crippen LogP contribution < -0.4 is 0 Å². The van der Waals surface area contributed by atoms with E-state index in [1.165, 1.54) is 0 Å². The van der Waals surface area contributed by atoms with E-state index in [0.717, 1.165) is 12.5 Å². The molecule has 0 bridgehead atoms. The van der Waals surface area contributed by atoms with E-state index in [0.29, 0.717) is 12.2 Å². The van der Waals surface area contributed by atoms with Gasteiger partial charge in [-0.1, -0.05) is 12.6 Å². The standard InChI is InChI=1S/C13H26O5Si/c1-10(2)12(14)18-8-7-9-19-13(16-5,17-6)11(3)15-4/h11H,1,7-9,19H2,2-6H3. The van der Waals surface area contributed by atoms with Crippen LogP contribution in [0.4, 0.5) is 0 Å². The molecule has 0 aliphatic rings. The molecule has 112 valence electrons. The molecule has 0 fully saturated rings. The molecule has 0 heterocycles. The third-order valence-corrected chi connectivity index (χ3v) is 5.87. The first-order valence-electron chi connectivity index (χ1n) is 6.39. The number of esters is 1. The minimum absolute atomic E-state index is 0.118. The minimum atomic E-state index is -0.687. The molecule has 19 heavy (non-hydrogen) atoms. The highest BCUT2D eigenvalue weighted by Crippen LogP contribution is 2.19.